The first-order chi connectivity index (χ1) is 15.2. The van der Waals surface area contributed by atoms with Crippen LogP contribution in [-0.2, 0) is 5.75 Å². The molecule has 1 aromatic carbocycles. The van der Waals surface area contributed by atoms with E-state index in [4.69, 9.17) is 0 Å². The lowest BCUT2D eigenvalue weighted by molar-refractivity contribution is 0.167. The number of piperidine rings is 1. The summed E-state index contributed by atoms with van der Waals surface area (Å²) >= 11 is 1.60. The predicted molar refractivity (Wildman–Crippen MR) is 120 cm³/mol. The van der Waals surface area contributed by atoms with Gasteiger partial charge in [-0.2, -0.15) is 0 Å². The topological polar surface area (TPSA) is 51.2 Å². The van der Waals surface area contributed by atoms with E-state index in [0.29, 0.717) is 5.75 Å². The lowest BCUT2D eigenvalue weighted by Crippen LogP contribution is -2.33. The SMILES string of the molecule is C[C@H](c1nnc(SCc2cn3ccccc3n2)n1-c1ccc(F)cc1)N1CCCCC1. The van der Waals surface area contributed by atoms with Crippen LogP contribution < -0.4 is 0 Å². The molecule has 4 aromatic rings. The van der Waals surface area contributed by atoms with Gasteiger partial charge < -0.3 is 4.40 Å². The minimum atomic E-state index is -0.249. The molecule has 1 saturated heterocycles. The van der Waals surface area contributed by atoms with Gasteiger partial charge in [-0.15, -0.1) is 10.2 Å². The van der Waals surface area contributed by atoms with Crippen LogP contribution in [0.3, 0.4) is 0 Å². The molecular formula is C23H25FN6S. The average molecular weight is 437 g/mol. The van der Waals surface area contributed by atoms with E-state index in [0.717, 1.165) is 41.1 Å². The van der Waals surface area contributed by atoms with Gasteiger partial charge in [-0.05, 0) is 69.3 Å². The number of likely N-dealkylation sites (tertiary alicyclic amines) is 1. The van der Waals surface area contributed by atoms with Crippen LogP contribution in [0.2, 0.25) is 0 Å². The Hall–Kier alpha value is -2.71. The molecule has 0 amide bonds. The van der Waals surface area contributed by atoms with E-state index >= 15 is 0 Å². The van der Waals surface area contributed by atoms with E-state index in [1.54, 1.807) is 23.9 Å². The zero-order valence-electron chi connectivity index (χ0n) is 17.5. The Morgan fingerprint density at radius 2 is 1.84 bits per heavy atom. The number of nitrogens with zero attached hydrogens (tertiary/aromatic N) is 6. The standard InChI is InChI=1S/C23H25FN6S/c1-17(28-12-4-2-5-13-28)22-26-27-23(30(22)20-10-8-18(24)9-11-20)31-16-19-15-29-14-6-3-7-21(29)25-19/h3,6-11,14-15,17H,2,4-5,12-13,16H2,1H3/t17-/m1/s1. The number of rotatable bonds is 6. The van der Waals surface area contributed by atoms with Gasteiger partial charge in [0, 0.05) is 23.8 Å². The highest BCUT2D eigenvalue weighted by atomic mass is 32.2. The first-order valence-corrected chi connectivity index (χ1v) is 11.7. The molecule has 8 heteroatoms. The molecule has 1 aliphatic rings. The molecule has 0 unspecified atom stereocenters. The molecule has 0 saturated carbocycles. The minimum Gasteiger partial charge on any atom is -0.307 e. The van der Waals surface area contributed by atoms with Crippen molar-refractivity contribution in [3.8, 4) is 5.69 Å². The number of halogens is 1. The highest BCUT2D eigenvalue weighted by Gasteiger charge is 2.25. The van der Waals surface area contributed by atoms with Gasteiger partial charge in [0.2, 0.25) is 0 Å². The molecule has 0 spiro atoms. The number of benzene rings is 1. The summed E-state index contributed by atoms with van der Waals surface area (Å²) in [6.45, 7) is 4.33. The third kappa shape index (κ3) is 4.22. The molecule has 31 heavy (non-hydrogen) atoms. The summed E-state index contributed by atoms with van der Waals surface area (Å²) in [5, 5.41) is 9.89. The molecule has 0 N–H and O–H groups in total. The van der Waals surface area contributed by atoms with Crippen LogP contribution >= 0.6 is 11.8 Å². The molecule has 4 heterocycles. The smallest absolute Gasteiger partial charge is 0.196 e. The number of aromatic nitrogens is 5. The van der Waals surface area contributed by atoms with Gasteiger partial charge in [-0.1, -0.05) is 24.2 Å². The van der Waals surface area contributed by atoms with Crippen LogP contribution in [0.25, 0.3) is 11.3 Å². The van der Waals surface area contributed by atoms with E-state index < -0.39 is 0 Å². The Balaban J connectivity index is 1.45. The van der Waals surface area contributed by atoms with Crippen LogP contribution in [0.5, 0.6) is 0 Å². The zero-order valence-corrected chi connectivity index (χ0v) is 18.3. The molecule has 1 atom stereocenters. The van der Waals surface area contributed by atoms with E-state index in [9.17, 15) is 4.39 Å². The Morgan fingerprint density at radius 1 is 1.03 bits per heavy atom. The van der Waals surface area contributed by atoms with Gasteiger partial charge in [-0.25, -0.2) is 9.37 Å². The van der Waals surface area contributed by atoms with Gasteiger partial charge in [0.15, 0.2) is 11.0 Å². The number of fused-ring (bicyclic) bond motifs is 1. The van der Waals surface area contributed by atoms with Gasteiger partial charge in [0.25, 0.3) is 0 Å². The summed E-state index contributed by atoms with van der Waals surface area (Å²) in [5.74, 6) is 1.33. The fraction of sp³-hybridized carbons (Fsp3) is 0.348. The molecule has 1 fully saturated rings. The molecule has 0 aliphatic carbocycles. The van der Waals surface area contributed by atoms with E-state index in [1.165, 1.54) is 31.4 Å². The van der Waals surface area contributed by atoms with Crippen LogP contribution in [0.4, 0.5) is 4.39 Å². The average Bonchev–Trinajstić information content (AvgIpc) is 3.42. The molecule has 3 aromatic heterocycles. The van der Waals surface area contributed by atoms with Crippen molar-refractivity contribution in [3.05, 3.63) is 72.2 Å². The summed E-state index contributed by atoms with van der Waals surface area (Å²) in [6.07, 6.45) is 7.75. The minimum absolute atomic E-state index is 0.141. The molecule has 5 rings (SSSR count). The molecular weight excluding hydrogens is 411 g/mol. The molecule has 6 nitrogen and oxygen atoms in total. The third-order valence-corrected chi connectivity index (χ3v) is 6.78. The van der Waals surface area contributed by atoms with Gasteiger partial charge in [-0.3, -0.25) is 9.47 Å². The molecule has 1 aliphatic heterocycles. The number of pyridine rings is 1. The Bertz CT molecular complexity index is 1130. The van der Waals surface area contributed by atoms with Crippen molar-refractivity contribution in [2.75, 3.05) is 13.1 Å². The summed E-state index contributed by atoms with van der Waals surface area (Å²) in [6, 6.07) is 12.7. The largest absolute Gasteiger partial charge is 0.307 e. The third-order valence-electron chi connectivity index (χ3n) is 5.82. The summed E-state index contributed by atoms with van der Waals surface area (Å²) in [7, 11) is 0. The van der Waals surface area contributed by atoms with Crippen LogP contribution in [0.15, 0.2) is 60.0 Å². The number of hydrogen-bond acceptors (Lipinski definition) is 5. The number of imidazole rings is 1. The first-order valence-electron chi connectivity index (χ1n) is 10.7. The molecule has 160 valence electrons. The van der Waals surface area contributed by atoms with Crippen LogP contribution in [0.1, 0.15) is 43.7 Å². The quantitative estimate of drug-likeness (QED) is 0.403. The maximum absolute atomic E-state index is 13.6. The molecule has 0 bridgehead atoms. The van der Waals surface area contributed by atoms with Crippen molar-refractivity contribution < 1.29 is 4.39 Å². The van der Waals surface area contributed by atoms with Crippen molar-refractivity contribution >= 4 is 17.4 Å². The van der Waals surface area contributed by atoms with E-state index in [1.807, 2.05) is 35.0 Å². The van der Waals surface area contributed by atoms with Gasteiger partial charge in [0.05, 0.1) is 11.7 Å². The van der Waals surface area contributed by atoms with Crippen molar-refractivity contribution in [1.29, 1.82) is 0 Å². The van der Waals surface area contributed by atoms with Crippen molar-refractivity contribution in [2.24, 2.45) is 0 Å². The van der Waals surface area contributed by atoms with Crippen LogP contribution in [-0.4, -0.2) is 42.1 Å². The molecule has 0 radical (unpaired) electrons. The summed E-state index contributed by atoms with van der Waals surface area (Å²) in [4.78, 5) is 7.15. The second-order valence-corrected chi connectivity index (χ2v) is 8.85. The lowest BCUT2D eigenvalue weighted by atomic mass is 10.1. The highest BCUT2D eigenvalue weighted by Crippen LogP contribution is 2.30. The lowest BCUT2D eigenvalue weighted by Gasteiger charge is -2.31. The predicted octanol–water partition coefficient (Wildman–Crippen LogP) is 4.89. The fourth-order valence-corrected chi connectivity index (χ4v) is 4.98. The Kier molecular flexibility index (Phi) is 5.74. The number of thioether (sulfide) groups is 1. The zero-order chi connectivity index (χ0) is 21.2. The Labute approximate surface area is 185 Å². The normalized spacial score (nSPS) is 16.1. The maximum atomic E-state index is 13.6. The first kappa shape index (κ1) is 20.2. The number of hydrogen-bond donors (Lipinski definition) is 0. The second-order valence-electron chi connectivity index (χ2n) is 7.91. The second kappa shape index (κ2) is 8.80. The van der Waals surface area contributed by atoms with Gasteiger partial charge >= 0.3 is 0 Å². The summed E-state index contributed by atoms with van der Waals surface area (Å²) < 4.78 is 17.7. The summed E-state index contributed by atoms with van der Waals surface area (Å²) in [5.41, 5.74) is 2.79. The monoisotopic (exact) mass is 436 g/mol. The van der Waals surface area contributed by atoms with Crippen molar-refractivity contribution in [3.63, 3.8) is 0 Å². The van der Waals surface area contributed by atoms with E-state index in [-0.39, 0.29) is 11.9 Å². The van der Waals surface area contributed by atoms with E-state index in [2.05, 4.69) is 31.6 Å². The Morgan fingerprint density at radius 3 is 2.61 bits per heavy atom. The maximum Gasteiger partial charge on any atom is 0.196 e. The van der Waals surface area contributed by atoms with Crippen LogP contribution in [0, 0.1) is 5.82 Å². The highest BCUT2D eigenvalue weighted by molar-refractivity contribution is 7.98. The van der Waals surface area contributed by atoms with Gasteiger partial charge in [0.1, 0.15) is 11.5 Å². The fourth-order valence-electron chi connectivity index (χ4n) is 4.14. The van der Waals surface area contributed by atoms with Crippen molar-refractivity contribution in [2.45, 2.75) is 43.1 Å². The van der Waals surface area contributed by atoms with Crippen molar-refractivity contribution in [1.82, 2.24) is 29.0 Å².